The maximum atomic E-state index is 6.47. The Kier molecular flexibility index (Phi) is 10.8. The van der Waals surface area contributed by atoms with Crippen LogP contribution in [0.25, 0.3) is 116 Å². The Morgan fingerprint density at radius 2 is 0.627 bits per heavy atom. The van der Waals surface area contributed by atoms with Crippen LogP contribution < -0.4 is 4.90 Å². The minimum Gasteiger partial charge on any atom is -0.455 e. The van der Waals surface area contributed by atoms with Crippen molar-refractivity contribution < 1.29 is 4.42 Å². The number of rotatable bonds is 10. The van der Waals surface area contributed by atoms with Crippen molar-refractivity contribution in [2.75, 3.05) is 4.90 Å². The van der Waals surface area contributed by atoms with Crippen LogP contribution in [0.2, 0.25) is 0 Å². The number of nitrogens with zero attached hydrogens (tertiary/aromatic N) is 2. The van der Waals surface area contributed by atoms with Gasteiger partial charge in [0.15, 0.2) is 0 Å². The first kappa shape index (κ1) is 43.8. The van der Waals surface area contributed by atoms with E-state index in [-0.39, 0.29) is 0 Å². The summed E-state index contributed by atoms with van der Waals surface area (Å²) in [5.41, 5.74) is 22.7. The second-order valence-electron chi connectivity index (χ2n) is 19.3. The molecule has 0 aliphatic carbocycles. The molecule has 0 aliphatic heterocycles. The summed E-state index contributed by atoms with van der Waals surface area (Å²) < 4.78 is 8.86. The van der Waals surface area contributed by atoms with E-state index in [1.807, 2.05) is 12.1 Å². The summed E-state index contributed by atoms with van der Waals surface area (Å²) in [5, 5.41) is 4.70. The fraction of sp³-hybridized carbons (Fsp3) is 0. The van der Waals surface area contributed by atoms with Gasteiger partial charge in [-0.3, -0.25) is 0 Å². The molecular weight excluding hydrogens is 909 g/mol. The van der Waals surface area contributed by atoms with Crippen molar-refractivity contribution in [3.63, 3.8) is 0 Å². The summed E-state index contributed by atoms with van der Waals surface area (Å²) in [7, 11) is 0. The summed E-state index contributed by atoms with van der Waals surface area (Å²) >= 11 is 0. The number of furan rings is 1. The third-order valence-corrected chi connectivity index (χ3v) is 14.9. The molecule has 2 heterocycles. The predicted octanol–water partition coefficient (Wildman–Crippen LogP) is 20.2. The molecule has 3 heteroatoms. The van der Waals surface area contributed by atoms with E-state index < -0.39 is 0 Å². The number of hydrogen-bond acceptors (Lipinski definition) is 2. The summed E-state index contributed by atoms with van der Waals surface area (Å²) in [6, 6.07) is 105. The van der Waals surface area contributed by atoms with Gasteiger partial charge in [0.1, 0.15) is 11.2 Å². The van der Waals surface area contributed by atoms with Crippen molar-refractivity contribution >= 4 is 60.8 Å². The first-order valence-corrected chi connectivity index (χ1v) is 25.6. The zero-order valence-corrected chi connectivity index (χ0v) is 41.0. The predicted molar refractivity (Wildman–Crippen MR) is 315 cm³/mol. The largest absolute Gasteiger partial charge is 0.455 e. The van der Waals surface area contributed by atoms with Gasteiger partial charge in [0, 0.05) is 49.9 Å². The van der Waals surface area contributed by atoms with Crippen LogP contribution in [-0.4, -0.2) is 4.57 Å². The molecular formula is C72H48N2O. The maximum Gasteiger partial charge on any atom is 0.143 e. The molecule has 0 saturated carbocycles. The van der Waals surface area contributed by atoms with Crippen LogP contribution in [0.3, 0.4) is 0 Å². The van der Waals surface area contributed by atoms with Gasteiger partial charge in [-0.1, -0.05) is 218 Å². The number of anilines is 3. The van der Waals surface area contributed by atoms with E-state index >= 15 is 0 Å². The van der Waals surface area contributed by atoms with Crippen LogP contribution in [0.4, 0.5) is 17.1 Å². The standard InChI is InChI=1S/C72H48N2O/c1-3-12-49(13-4-1)51-22-26-53(27-23-51)55-30-39-60(40-31-55)73(61-41-32-56(33-42-61)54-28-24-52(25-29-54)50-14-5-2-6-15-50)62-43-34-57(35-44-62)58-36-45-63(46-37-58)74-69-20-9-7-16-65(69)68-48-59(38-47-70(68)74)64-18-11-19-67-66-17-8-10-21-71(66)75-72(64)67/h1-48H. The van der Waals surface area contributed by atoms with Crippen LogP contribution >= 0.6 is 0 Å². The van der Waals surface area contributed by atoms with E-state index in [2.05, 4.69) is 289 Å². The zero-order valence-electron chi connectivity index (χ0n) is 41.0. The lowest BCUT2D eigenvalue weighted by Crippen LogP contribution is -2.09. The Balaban J connectivity index is 0.774. The van der Waals surface area contributed by atoms with E-state index in [1.54, 1.807) is 0 Å². The van der Waals surface area contributed by atoms with Gasteiger partial charge >= 0.3 is 0 Å². The Hall–Kier alpha value is -9.96. The van der Waals surface area contributed by atoms with Crippen molar-refractivity contribution in [1.29, 1.82) is 0 Å². The highest BCUT2D eigenvalue weighted by Gasteiger charge is 2.18. The SMILES string of the molecule is c1ccc(-c2ccc(-c3ccc(N(c4ccc(-c5ccc(-c6ccccc6)cc5)cc4)c4ccc(-c5ccc(-n6c7ccccc7c7cc(-c8cccc9c8oc8ccccc89)ccc76)cc5)cc4)cc3)cc2)cc1. The van der Waals surface area contributed by atoms with E-state index in [9.17, 15) is 0 Å². The van der Waals surface area contributed by atoms with Crippen LogP contribution in [-0.2, 0) is 0 Å². The third kappa shape index (κ3) is 8.04. The average molecular weight is 957 g/mol. The van der Waals surface area contributed by atoms with Crippen molar-refractivity contribution in [2.24, 2.45) is 0 Å². The normalized spacial score (nSPS) is 11.5. The number of para-hydroxylation sites is 3. The molecule has 0 aliphatic rings. The highest BCUT2D eigenvalue weighted by molar-refractivity contribution is 6.13. The molecule has 12 aromatic carbocycles. The van der Waals surface area contributed by atoms with Crippen LogP contribution in [0, 0.1) is 0 Å². The van der Waals surface area contributed by atoms with E-state index in [0.29, 0.717) is 0 Å². The highest BCUT2D eigenvalue weighted by atomic mass is 16.3. The van der Waals surface area contributed by atoms with Gasteiger partial charge in [-0.15, -0.1) is 0 Å². The fourth-order valence-electron chi connectivity index (χ4n) is 11.0. The maximum absolute atomic E-state index is 6.47. The number of hydrogen-bond donors (Lipinski definition) is 0. The molecule has 75 heavy (non-hydrogen) atoms. The summed E-state index contributed by atoms with van der Waals surface area (Å²) in [5.74, 6) is 0. The van der Waals surface area contributed by atoms with Gasteiger partial charge < -0.3 is 13.9 Å². The smallest absolute Gasteiger partial charge is 0.143 e. The molecule has 0 amide bonds. The van der Waals surface area contributed by atoms with E-state index in [0.717, 1.165) is 72.5 Å². The van der Waals surface area contributed by atoms with E-state index in [4.69, 9.17) is 4.42 Å². The van der Waals surface area contributed by atoms with Crippen molar-refractivity contribution in [2.45, 2.75) is 0 Å². The van der Waals surface area contributed by atoms with Crippen molar-refractivity contribution in [1.82, 2.24) is 4.57 Å². The number of aromatic nitrogens is 1. The summed E-state index contributed by atoms with van der Waals surface area (Å²) in [6.07, 6.45) is 0. The molecule has 0 saturated heterocycles. The quantitative estimate of drug-likeness (QED) is 0.136. The minimum atomic E-state index is 0.908. The van der Waals surface area contributed by atoms with Crippen LogP contribution in [0.1, 0.15) is 0 Å². The monoisotopic (exact) mass is 956 g/mol. The highest BCUT2D eigenvalue weighted by Crippen LogP contribution is 2.41. The topological polar surface area (TPSA) is 21.3 Å². The Morgan fingerprint density at radius 3 is 1.13 bits per heavy atom. The summed E-state index contributed by atoms with van der Waals surface area (Å²) in [6.45, 7) is 0. The molecule has 0 radical (unpaired) electrons. The van der Waals surface area contributed by atoms with Gasteiger partial charge in [0.25, 0.3) is 0 Å². The molecule has 14 rings (SSSR count). The Labute approximate surface area is 436 Å². The van der Waals surface area contributed by atoms with Gasteiger partial charge in [-0.25, -0.2) is 0 Å². The first-order valence-electron chi connectivity index (χ1n) is 25.6. The Morgan fingerprint density at radius 1 is 0.253 bits per heavy atom. The molecule has 0 N–H and O–H groups in total. The molecule has 2 aromatic heterocycles. The molecule has 0 bridgehead atoms. The van der Waals surface area contributed by atoms with Crippen molar-refractivity contribution in [3.8, 4) is 72.4 Å². The van der Waals surface area contributed by atoms with Gasteiger partial charge in [-0.2, -0.15) is 0 Å². The fourth-order valence-corrected chi connectivity index (χ4v) is 11.0. The molecule has 0 spiro atoms. The van der Waals surface area contributed by atoms with Crippen LogP contribution in [0.15, 0.2) is 296 Å². The molecule has 0 unspecified atom stereocenters. The third-order valence-electron chi connectivity index (χ3n) is 14.9. The molecule has 0 atom stereocenters. The number of fused-ring (bicyclic) bond motifs is 6. The lowest BCUT2D eigenvalue weighted by molar-refractivity contribution is 0.670. The van der Waals surface area contributed by atoms with Gasteiger partial charge in [0.2, 0.25) is 0 Å². The van der Waals surface area contributed by atoms with Gasteiger partial charge in [-0.05, 0) is 134 Å². The van der Waals surface area contributed by atoms with Crippen LogP contribution in [0.5, 0.6) is 0 Å². The Bertz CT molecular complexity index is 4200. The lowest BCUT2D eigenvalue weighted by atomic mass is 9.99. The molecule has 14 aromatic rings. The van der Waals surface area contributed by atoms with E-state index in [1.165, 1.54) is 60.8 Å². The first-order chi connectivity index (χ1) is 37.2. The minimum absolute atomic E-state index is 0.908. The molecule has 3 nitrogen and oxygen atoms in total. The summed E-state index contributed by atoms with van der Waals surface area (Å²) in [4.78, 5) is 2.35. The zero-order chi connectivity index (χ0) is 49.7. The second-order valence-corrected chi connectivity index (χ2v) is 19.3. The average Bonchev–Trinajstić information content (AvgIpc) is 4.04. The molecule has 352 valence electrons. The number of benzene rings is 12. The van der Waals surface area contributed by atoms with Crippen molar-refractivity contribution in [3.05, 3.63) is 291 Å². The second kappa shape index (κ2) is 18.6. The molecule has 0 fully saturated rings. The van der Waals surface area contributed by atoms with Gasteiger partial charge in [0.05, 0.1) is 11.0 Å². The lowest BCUT2D eigenvalue weighted by Gasteiger charge is -2.26.